The molecule has 0 aliphatic carbocycles. The van der Waals surface area contributed by atoms with Crippen molar-refractivity contribution in [2.45, 2.75) is 18.4 Å². The van der Waals surface area contributed by atoms with E-state index < -0.39 is 5.54 Å². The van der Waals surface area contributed by atoms with Crippen molar-refractivity contribution in [3.05, 3.63) is 82.9 Å². The number of amides is 2. The molecule has 0 atom stereocenters. The number of aromatic nitrogens is 2. The molecule has 0 saturated carbocycles. The molecule has 196 valence electrons. The Labute approximate surface area is 230 Å². The summed E-state index contributed by atoms with van der Waals surface area (Å²) in [6, 6.07) is 18.5. The fourth-order valence-electron chi connectivity index (χ4n) is 5.71. The molecule has 7 rings (SSSR count). The van der Waals surface area contributed by atoms with Crippen LogP contribution in [0.25, 0.3) is 22.0 Å². The first-order valence-corrected chi connectivity index (χ1v) is 14.1. The van der Waals surface area contributed by atoms with Crippen molar-refractivity contribution < 1.29 is 14.3 Å². The number of fused-ring (bicyclic) bond motifs is 1. The average molecular weight is 538 g/mol. The highest BCUT2D eigenvalue weighted by atomic mass is 32.1. The summed E-state index contributed by atoms with van der Waals surface area (Å²) < 4.78 is 5.57. The van der Waals surface area contributed by atoms with Gasteiger partial charge in [-0.15, -0.1) is 11.3 Å². The molecule has 39 heavy (non-hydrogen) atoms. The molecule has 8 nitrogen and oxygen atoms in total. The van der Waals surface area contributed by atoms with Crippen LogP contribution in [0.5, 0.6) is 0 Å². The first kappa shape index (κ1) is 24.1. The molecule has 2 aromatic carbocycles. The molecule has 2 amide bonds. The van der Waals surface area contributed by atoms with Crippen molar-refractivity contribution in [1.82, 2.24) is 19.8 Å². The van der Waals surface area contributed by atoms with Gasteiger partial charge in [-0.3, -0.25) is 24.5 Å². The fourth-order valence-corrected chi connectivity index (χ4v) is 6.32. The standard InChI is InChI=1S/C30H27N5O3S/c36-28(27-32-12-15-39-27)34-17-20(18-34)19-35-26(33-30(29(35)37)9-13-38-14-10-30)23-6-3-21(4-7-23)24-8-5-22-2-1-11-31-25(22)16-24/h1-8,11-12,15-16,20H,9-10,13-14,17-19H2. The fraction of sp³-hybridized carbons (Fsp3) is 0.300. The molecular formula is C30H27N5O3S. The summed E-state index contributed by atoms with van der Waals surface area (Å²) in [6.45, 7) is 2.83. The predicted molar refractivity (Wildman–Crippen MR) is 150 cm³/mol. The summed E-state index contributed by atoms with van der Waals surface area (Å²) in [5.74, 6) is 0.930. The SMILES string of the molecule is O=C(c1nccs1)N1CC(CN2C(=O)C3(CCOCC3)N=C2c2ccc(-c3ccc4cccnc4c3)cc2)C1. The number of carbonyl (C=O) groups excluding carboxylic acids is 2. The second kappa shape index (κ2) is 9.66. The second-order valence-electron chi connectivity index (χ2n) is 10.4. The molecule has 0 radical (unpaired) electrons. The van der Waals surface area contributed by atoms with E-state index in [1.165, 1.54) is 11.3 Å². The van der Waals surface area contributed by atoms with Gasteiger partial charge in [0.25, 0.3) is 11.8 Å². The van der Waals surface area contributed by atoms with Crippen LogP contribution in [0.4, 0.5) is 0 Å². The molecule has 4 aromatic rings. The van der Waals surface area contributed by atoms with Crippen LogP contribution in [-0.2, 0) is 9.53 Å². The first-order chi connectivity index (χ1) is 19.1. The van der Waals surface area contributed by atoms with E-state index >= 15 is 0 Å². The number of likely N-dealkylation sites (tertiary alicyclic amines) is 1. The zero-order valence-corrected chi connectivity index (χ0v) is 22.1. The maximum Gasteiger partial charge on any atom is 0.282 e. The lowest BCUT2D eigenvalue weighted by Gasteiger charge is -2.41. The number of carbonyl (C=O) groups is 2. The first-order valence-electron chi connectivity index (χ1n) is 13.2. The Kier molecular flexibility index (Phi) is 5.97. The van der Waals surface area contributed by atoms with Gasteiger partial charge >= 0.3 is 0 Å². The van der Waals surface area contributed by atoms with E-state index in [0.29, 0.717) is 50.7 Å². The van der Waals surface area contributed by atoms with E-state index in [-0.39, 0.29) is 17.7 Å². The number of aliphatic imine (C=N–C) groups is 1. The lowest BCUT2D eigenvalue weighted by molar-refractivity contribution is -0.135. The highest BCUT2D eigenvalue weighted by Gasteiger charge is 2.50. The van der Waals surface area contributed by atoms with Crippen LogP contribution in [0, 0.1) is 5.92 Å². The third-order valence-corrected chi connectivity index (χ3v) is 8.68. The van der Waals surface area contributed by atoms with Crippen molar-refractivity contribution in [3.8, 4) is 11.1 Å². The van der Waals surface area contributed by atoms with E-state index in [2.05, 4.69) is 58.5 Å². The quantitative estimate of drug-likeness (QED) is 0.380. The van der Waals surface area contributed by atoms with Crippen molar-refractivity contribution in [2.75, 3.05) is 32.8 Å². The smallest absolute Gasteiger partial charge is 0.282 e. The number of pyridine rings is 1. The minimum Gasteiger partial charge on any atom is -0.381 e. The summed E-state index contributed by atoms with van der Waals surface area (Å²) >= 11 is 1.35. The van der Waals surface area contributed by atoms with Crippen LogP contribution in [0.2, 0.25) is 0 Å². The van der Waals surface area contributed by atoms with Gasteiger partial charge < -0.3 is 9.64 Å². The molecule has 2 saturated heterocycles. The van der Waals surface area contributed by atoms with Crippen molar-refractivity contribution >= 4 is 39.9 Å². The molecular weight excluding hydrogens is 510 g/mol. The maximum absolute atomic E-state index is 13.8. The highest BCUT2D eigenvalue weighted by molar-refractivity contribution is 7.11. The monoisotopic (exact) mass is 537 g/mol. The zero-order chi connectivity index (χ0) is 26.4. The Balaban J connectivity index is 1.13. The van der Waals surface area contributed by atoms with Gasteiger partial charge in [-0.2, -0.15) is 0 Å². The summed E-state index contributed by atoms with van der Waals surface area (Å²) in [5.41, 5.74) is 3.30. The number of hydrogen-bond donors (Lipinski definition) is 0. The van der Waals surface area contributed by atoms with Crippen LogP contribution >= 0.6 is 11.3 Å². The van der Waals surface area contributed by atoms with Crippen LogP contribution in [0.15, 0.2) is 77.4 Å². The summed E-state index contributed by atoms with van der Waals surface area (Å²) in [6.07, 6.45) is 4.64. The Hall–Kier alpha value is -3.95. The third kappa shape index (κ3) is 4.31. The van der Waals surface area contributed by atoms with Crippen LogP contribution in [-0.4, -0.2) is 75.8 Å². The van der Waals surface area contributed by atoms with Crippen LogP contribution in [0.1, 0.15) is 28.2 Å². The predicted octanol–water partition coefficient (Wildman–Crippen LogP) is 4.27. The molecule has 0 N–H and O–H groups in total. The molecule has 0 bridgehead atoms. The number of amidine groups is 1. The number of rotatable bonds is 5. The highest BCUT2D eigenvalue weighted by Crippen LogP contribution is 2.36. The van der Waals surface area contributed by atoms with Crippen molar-refractivity contribution in [1.29, 1.82) is 0 Å². The van der Waals surface area contributed by atoms with E-state index in [1.54, 1.807) is 11.1 Å². The third-order valence-electron chi connectivity index (χ3n) is 7.92. The minimum absolute atomic E-state index is 0.0386. The van der Waals surface area contributed by atoms with Crippen molar-refractivity contribution in [3.63, 3.8) is 0 Å². The summed E-state index contributed by atoms with van der Waals surface area (Å²) in [7, 11) is 0. The van der Waals surface area contributed by atoms with Gasteiger partial charge in [0, 0.05) is 80.3 Å². The van der Waals surface area contributed by atoms with Gasteiger partial charge in [-0.25, -0.2) is 4.98 Å². The van der Waals surface area contributed by atoms with Gasteiger partial charge in [-0.05, 0) is 23.3 Å². The van der Waals surface area contributed by atoms with Crippen molar-refractivity contribution in [2.24, 2.45) is 10.9 Å². The minimum atomic E-state index is -0.754. The van der Waals surface area contributed by atoms with Gasteiger partial charge in [0.2, 0.25) is 0 Å². The number of thiazole rings is 1. The lowest BCUT2D eigenvalue weighted by atomic mass is 9.90. The van der Waals surface area contributed by atoms with E-state index in [4.69, 9.17) is 9.73 Å². The number of benzene rings is 2. The maximum atomic E-state index is 13.8. The molecule has 9 heteroatoms. The van der Waals surface area contributed by atoms with Gasteiger partial charge in [0.05, 0.1) is 5.52 Å². The summed E-state index contributed by atoms with van der Waals surface area (Å²) in [4.78, 5) is 43.8. The Bertz CT molecular complexity index is 1570. The Morgan fingerprint density at radius 3 is 2.51 bits per heavy atom. The number of nitrogens with zero attached hydrogens (tertiary/aromatic N) is 5. The van der Waals surface area contributed by atoms with E-state index in [9.17, 15) is 9.59 Å². The van der Waals surface area contributed by atoms with Gasteiger partial charge in [0.15, 0.2) is 5.01 Å². The zero-order valence-electron chi connectivity index (χ0n) is 21.3. The molecule has 3 aliphatic heterocycles. The molecule has 0 unspecified atom stereocenters. The number of hydrogen-bond acceptors (Lipinski definition) is 7. The molecule has 2 aromatic heterocycles. The molecule has 3 aliphatic rings. The molecule has 2 fully saturated rings. The normalized spacial score (nSPS) is 19.0. The van der Waals surface area contributed by atoms with Crippen LogP contribution in [0.3, 0.4) is 0 Å². The lowest BCUT2D eigenvalue weighted by Crippen LogP contribution is -2.56. The Morgan fingerprint density at radius 2 is 1.74 bits per heavy atom. The number of ether oxygens (including phenoxy) is 1. The molecule has 1 spiro atoms. The average Bonchev–Trinajstić information content (AvgIpc) is 3.59. The largest absolute Gasteiger partial charge is 0.381 e. The van der Waals surface area contributed by atoms with E-state index in [0.717, 1.165) is 33.4 Å². The van der Waals surface area contributed by atoms with E-state index in [1.807, 2.05) is 22.5 Å². The van der Waals surface area contributed by atoms with Gasteiger partial charge in [0.1, 0.15) is 11.4 Å². The van der Waals surface area contributed by atoms with Gasteiger partial charge in [-0.1, -0.05) is 42.5 Å². The van der Waals surface area contributed by atoms with Crippen LogP contribution < -0.4 is 0 Å². The second-order valence-corrected chi connectivity index (χ2v) is 11.3. The summed E-state index contributed by atoms with van der Waals surface area (Å²) in [5, 5.41) is 3.43. The molecule has 5 heterocycles. The Morgan fingerprint density at radius 1 is 0.974 bits per heavy atom. The topological polar surface area (TPSA) is 88.0 Å².